The van der Waals surface area contributed by atoms with Crippen molar-refractivity contribution in [2.75, 3.05) is 19.7 Å². The predicted molar refractivity (Wildman–Crippen MR) is 76.7 cm³/mol. The quantitative estimate of drug-likeness (QED) is 0.841. The molecule has 1 heterocycles. The Labute approximate surface area is 121 Å². The number of hydrogen-bond acceptors (Lipinski definition) is 3. The van der Waals surface area contributed by atoms with E-state index >= 15 is 0 Å². The Bertz CT molecular complexity index is 335. The Morgan fingerprint density at radius 3 is 2.45 bits per heavy atom. The van der Waals surface area contributed by atoms with Crippen LogP contribution in [0.25, 0.3) is 0 Å². The van der Waals surface area contributed by atoms with Gasteiger partial charge < -0.3 is 14.7 Å². The molecule has 0 aromatic rings. The van der Waals surface area contributed by atoms with Crippen LogP contribution in [0.4, 0.5) is 0 Å². The lowest BCUT2D eigenvalue weighted by molar-refractivity contribution is -0.145. The van der Waals surface area contributed by atoms with Gasteiger partial charge in [-0.25, -0.2) is 4.79 Å². The van der Waals surface area contributed by atoms with Gasteiger partial charge in [0.2, 0.25) is 0 Å². The van der Waals surface area contributed by atoms with Gasteiger partial charge in [0.25, 0.3) is 0 Å². The number of likely N-dealkylation sites (tertiary alicyclic amines) is 1. The lowest BCUT2D eigenvalue weighted by Crippen LogP contribution is -2.45. The summed E-state index contributed by atoms with van der Waals surface area (Å²) >= 11 is 0. The Kier molecular flexibility index (Phi) is 4.61. The molecular formula is C16H27NO3. The summed E-state index contributed by atoms with van der Waals surface area (Å²) in [4.78, 5) is 13.2. The molecule has 1 N–H and O–H groups in total. The molecule has 1 aliphatic heterocycles. The Morgan fingerprint density at radius 1 is 1.05 bits per heavy atom. The minimum Gasteiger partial charge on any atom is -0.480 e. The van der Waals surface area contributed by atoms with Crippen molar-refractivity contribution in [2.45, 2.75) is 63.5 Å². The molecule has 2 atom stereocenters. The first kappa shape index (κ1) is 14.3. The van der Waals surface area contributed by atoms with Gasteiger partial charge in [-0.05, 0) is 50.4 Å². The van der Waals surface area contributed by atoms with E-state index in [-0.39, 0.29) is 12.7 Å². The number of aliphatic carboxylic acids is 1. The van der Waals surface area contributed by atoms with Gasteiger partial charge in [-0.1, -0.05) is 12.8 Å². The first-order valence-corrected chi connectivity index (χ1v) is 8.30. The topological polar surface area (TPSA) is 49.8 Å². The van der Waals surface area contributed by atoms with Crippen LogP contribution >= 0.6 is 0 Å². The molecule has 0 spiro atoms. The van der Waals surface area contributed by atoms with Crippen LogP contribution in [0.2, 0.25) is 0 Å². The highest BCUT2D eigenvalue weighted by molar-refractivity contribution is 5.68. The fraction of sp³-hybridized carbons (Fsp3) is 0.938. The van der Waals surface area contributed by atoms with E-state index in [0.717, 1.165) is 43.8 Å². The molecule has 0 aromatic heterocycles. The highest BCUT2D eigenvalue weighted by Crippen LogP contribution is 2.45. The largest absolute Gasteiger partial charge is 0.480 e. The molecule has 0 radical (unpaired) electrons. The summed E-state index contributed by atoms with van der Waals surface area (Å²) in [5.41, 5.74) is 0. The van der Waals surface area contributed by atoms with Gasteiger partial charge in [0, 0.05) is 19.1 Å². The maximum Gasteiger partial charge on any atom is 0.329 e. The zero-order valence-corrected chi connectivity index (χ0v) is 12.3. The predicted octanol–water partition coefficient (Wildman–Crippen LogP) is 2.52. The van der Waals surface area contributed by atoms with E-state index in [1.807, 2.05) is 0 Å². The van der Waals surface area contributed by atoms with E-state index in [2.05, 4.69) is 4.90 Å². The maximum absolute atomic E-state index is 10.5. The third-order valence-electron chi connectivity index (χ3n) is 5.41. The molecule has 4 heteroatoms. The third kappa shape index (κ3) is 3.73. The molecule has 2 saturated carbocycles. The number of rotatable bonds is 5. The summed E-state index contributed by atoms with van der Waals surface area (Å²) in [6.07, 6.45) is 10.7. The first-order valence-electron chi connectivity index (χ1n) is 8.30. The normalized spacial score (nSPS) is 33.2. The summed E-state index contributed by atoms with van der Waals surface area (Å²) in [6, 6.07) is 0.787. The molecule has 3 aliphatic rings. The second-order valence-electron chi connectivity index (χ2n) is 6.86. The minimum absolute atomic E-state index is 0.141. The Morgan fingerprint density at radius 2 is 1.80 bits per heavy atom. The number of ether oxygens (including phenoxy) is 1. The molecule has 4 nitrogen and oxygen atoms in total. The SMILES string of the molecule is O=C(O)COC1CCN(C2CCCC(C3CC3)C2)CC1. The Balaban J connectivity index is 1.42. The smallest absolute Gasteiger partial charge is 0.329 e. The lowest BCUT2D eigenvalue weighted by atomic mass is 9.81. The van der Waals surface area contributed by atoms with Crippen LogP contribution in [0.5, 0.6) is 0 Å². The van der Waals surface area contributed by atoms with Crippen LogP contribution < -0.4 is 0 Å². The van der Waals surface area contributed by atoms with Gasteiger partial charge in [0.05, 0.1) is 6.10 Å². The van der Waals surface area contributed by atoms with Crippen LogP contribution in [0, 0.1) is 11.8 Å². The van der Waals surface area contributed by atoms with Crippen molar-refractivity contribution in [1.29, 1.82) is 0 Å². The molecule has 3 rings (SSSR count). The van der Waals surface area contributed by atoms with E-state index < -0.39 is 5.97 Å². The van der Waals surface area contributed by atoms with Crippen LogP contribution in [0.15, 0.2) is 0 Å². The number of carbonyl (C=O) groups is 1. The van der Waals surface area contributed by atoms with Crippen molar-refractivity contribution in [3.63, 3.8) is 0 Å². The van der Waals surface area contributed by atoms with Gasteiger partial charge in [-0.15, -0.1) is 0 Å². The minimum atomic E-state index is -0.855. The first-order chi connectivity index (χ1) is 9.72. The molecule has 1 saturated heterocycles. The fourth-order valence-corrected chi connectivity index (χ4v) is 4.12. The zero-order valence-electron chi connectivity index (χ0n) is 12.3. The molecule has 114 valence electrons. The second kappa shape index (κ2) is 6.44. The van der Waals surface area contributed by atoms with Gasteiger partial charge in [0.1, 0.15) is 6.61 Å². The summed E-state index contributed by atoms with van der Waals surface area (Å²) < 4.78 is 5.42. The Hall–Kier alpha value is -0.610. The number of nitrogens with zero attached hydrogens (tertiary/aromatic N) is 1. The van der Waals surface area contributed by atoms with Crippen LogP contribution in [0.3, 0.4) is 0 Å². The maximum atomic E-state index is 10.5. The third-order valence-corrected chi connectivity index (χ3v) is 5.41. The highest BCUT2D eigenvalue weighted by Gasteiger charge is 2.37. The van der Waals surface area contributed by atoms with Crippen LogP contribution in [0.1, 0.15) is 51.4 Å². The zero-order chi connectivity index (χ0) is 13.9. The van der Waals surface area contributed by atoms with Crippen molar-refractivity contribution in [1.82, 2.24) is 4.90 Å². The van der Waals surface area contributed by atoms with Gasteiger partial charge in [-0.3, -0.25) is 0 Å². The molecule has 2 unspecified atom stereocenters. The molecule has 0 bridgehead atoms. The monoisotopic (exact) mass is 281 g/mol. The standard InChI is InChI=1S/C16H27NO3/c18-16(19)11-20-15-6-8-17(9-7-15)14-3-1-2-13(10-14)12-4-5-12/h12-15H,1-11H2,(H,18,19). The van der Waals surface area contributed by atoms with Crippen molar-refractivity contribution >= 4 is 5.97 Å². The van der Waals surface area contributed by atoms with Crippen molar-refractivity contribution < 1.29 is 14.6 Å². The lowest BCUT2D eigenvalue weighted by Gasteiger charge is -2.41. The molecule has 3 fully saturated rings. The van der Waals surface area contributed by atoms with E-state index in [9.17, 15) is 4.79 Å². The number of carboxylic acids is 1. The van der Waals surface area contributed by atoms with Crippen molar-refractivity contribution in [2.24, 2.45) is 11.8 Å². The number of hydrogen-bond donors (Lipinski definition) is 1. The van der Waals surface area contributed by atoms with Crippen LogP contribution in [-0.2, 0) is 9.53 Å². The van der Waals surface area contributed by atoms with Gasteiger partial charge in [0.15, 0.2) is 0 Å². The van der Waals surface area contributed by atoms with E-state index in [1.165, 1.54) is 38.5 Å². The van der Waals surface area contributed by atoms with E-state index in [1.54, 1.807) is 0 Å². The molecule has 0 amide bonds. The molecule has 0 aromatic carbocycles. The molecule has 20 heavy (non-hydrogen) atoms. The van der Waals surface area contributed by atoms with Crippen molar-refractivity contribution in [3.8, 4) is 0 Å². The van der Waals surface area contributed by atoms with Gasteiger partial charge in [-0.2, -0.15) is 0 Å². The highest BCUT2D eigenvalue weighted by atomic mass is 16.5. The summed E-state index contributed by atoms with van der Waals surface area (Å²) in [5.74, 6) is 1.19. The number of carboxylic acid groups (broad SMARTS) is 1. The summed E-state index contributed by atoms with van der Waals surface area (Å²) in [7, 11) is 0. The van der Waals surface area contributed by atoms with Crippen molar-refractivity contribution in [3.05, 3.63) is 0 Å². The van der Waals surface area contributed by atoms with E-state index in [4.69, 9.17) is 9.84 Å². The van der Waals surface area contributed by atoms with E-state index in [0.29, 0.717) is 0 Å². The number of piperidine rings is 1. The average Bonchev–Trinajstić information content (AvgIpc) is 3.30. The second-order valence-corrected chi connectivity index (χ2v) is 6.86. The summed E-state index contributed by atoms with van der Waals surface area (Å²) in [5, 5.41) is 8.65. The van der Waals surface area contributed by atoms with Gasteiger partial charge >= 0.3 is 5.97 Å². The molecular weight excluding hydrogens is 254 g/mol. The molecule has 2 aliphatic carbocycles. The average molecular weight is 281 g/mol. The fourth-order valence-electron chi connectivity index (χ4n) is 4.12. The van der Waals surface area contributed by atoms with Crippen LogP contribution in [-0.4, -0.2) is 47.8 Å². The summed E-state index contributed by atoms with van der Waals surface area (Å²) in [6.45, 7) is 2.04.